The Hall–Kier alpha value is -1.07. The Labute approximate surface area is 117 Å². The highest BCUT2D eigenvalue weighted by molar-refractivity contribution is 8.00. The fraction of sp³-hybridized carbons (Fsp3) is 0.500. The second kappa shape index (κ2) is 7.50. The smallest absolute Gasteiger partial charge is 0.237 e. The van der Waals surface area contributed by atoms with Crippen LogP contribution >= 0.6 is 11.8 Å². The molecule has 0 heterocycles. The number of aryl methyl sites for hydroxylation is 1. The lowest BCUT2D eigenvalue weighted by Crippen LogP contribution is -2.24. The number of halogens is 1. The van der Waals surface area contributed by atoms with E-state index in [1.807, 2.05) is 13.8 Å². The molecule has 1 aromatic carbocycles. The van der Waals surface area contributed by atoms with Crippen LogP contribution in [0.15, 0.2) is 18.2 Å². The van der Waals surface area contributed by atoms with Crippen LogP contribution < -0.4 is 5.32 Å². The highest BCUT2D eigenvalue weighted by atomic mass is 32.2. The molecule has 3 nitrogen and oxygen atoms in total. The van der Waals surface area contributed by atoms with Crippen LogP contribution in [-0.4, -0.2) is 28.6 Å². The van der Waals surface area contributed by atoms with Gasteiger partial charge in [0, 0.05) is 12.3 Å². The van der Waals surface area contributed by atoms with E-state index in [2.05, 4.69) is 5.32 Å². The number of hydrogen-bond donors (Lipinski definition) is 2. The van der Waals surface area contributed by atoms with Gasteiger partial charge >= 0.3 is 0 Å². The Morgan fingerprint density at radius 3 is 2.79 bits per heavy atom. The molecule has 1 aromatic rings. The number of thioether (sulfide) groups is 1. The number of carbonyl (C=O) groups excluding carboxylic acids is 1. The van der Waals surface area contributed by atoms with Crippen LogP contribution in [-0.2, 0) is 4.79 Å². The van der Waals surface area contributed by atoms with Gasteiger partial charge in [-0.1, -0.05) is 13.0 Å². The maximum atomic E-state index is 13.1. The Balaban J connectivity index is 2.56. The van der Waals surface area contributed by atoms with Crippen molar-refractivity contribution in [1.82, 2.24) is 0 Å². The van der Waals surface area contributed by atoms with Crippen LogP contribution in [0.5, 0.6) is 0 Å². The Morgan fingerprint density at radius 2 is 2.16 bits per heavy atom. The minimum atomic E-state index is -0.366. The van der Waals surface area contributed by atoms with Crippen molar-refractivity contribution in [2.45, 2.75) is 26.0 Å². The van der Waals surface area contributed by atoms with E-state index in [0.717, 1.165) is 5.56 Å². The number of hydrogen-bond acceptors (Lipinski definition) is 3. The summed E-state index contributed by atoms with van der Waals surface area (Å²) >= 11 is 1.48. The van der Waals surface area contributed by atoms with E-state index in [4.69, 9.17) is 5.11 Å². The molecular weight excluding hydrogens is 265 g/mol. The number of aliphatic hydroxyl groups excluding tert-OH is 1. The summed E-state index contributed by atoms with van der Waals surface area (Å²) in [6.07, 6.45) is 0. The molecule has 0 fully saturated rings. The van der Waals surface area contributed by atoms with Gasteiger partial charge in [0.2, 0.25) is 5.91 Å². The summed E-state index contributed by atoms with van der Waals surface area (Å²) in [5, 5.41) is 11.4. The quantitative estimate of drug-likeness (QED) is 0.845. The number of rotatable bonds is 6. The molecule has 0 radical (unpaired) electrons. The van der Waals surface area contributed by atoms with Crippen LogP contribution in [0.2, 0.25) is 0 Å². The van der Waals surface area contributed by atoms with Gasteiger partial charge in [-0.05, 0) is 43.2 Å². The topological polar surface area (TPSA) is 49.3 Å². The van der Waals surface area contributed by atoms with Gasteiger partial charge in [-0.3, -0.25) is 4.79 Å². The molecule has 2 atom stereocenters. The third-order valence-electron chi connectivity index (χ3n) is 2.77. The molecule has 0 aliphatic heterocycles. The Bertz CT molecular complexity index is 439. The second-order valence-electron chi connectivity index (χ2n) is 4.71. The van der Waals surface area contributed by atoms with E-state index in [1.54, 1.807) is 13.0 Å². The lowest BCUT2D eigenvalue weighted by atomic mass is 10.2. The van der Waals surface area contributed by atoms with Gasteiger partial charge in [-0.15, -0.1) is 11.8 Å². The van der Waals surface area contributed by atoms with Crippen molar-refractivity contribution < 1.29 is 14.3 Å². The predicted octanol–water partition coefficient (Wildman–Crippen LogP) is 2.82. The van der Waals surface area contributed by atoms with E-state index in [9.17, 15) is 9.18 Å². The summed E-state index contributed by atoms with van der Waals surface area (Å²) in [5.41, 5.74) is 1.34. The summed E-state index contributed by atoms with van der Waals surface area (Å²) < 4.78 is 13.1. The highest BCUT2D eigenvalue weighted by Gasteiger charge is 2.15. The molecule has 1 amide bonds. The lowest BCUT2D eigenvalue weighted by Gasteiger charge is -2.15. The molecule has 106 valence electrons. The summed E-state index contributed by atoms with van der Waals surface area (Å²) in [4.78, 5) is 12.0. The standard InChI is InChI=1S/C14H20FNO2S/c1-9(7-17)8-19-11(3)14(18)16-13-6-12(15)5-4-10(13)2/h4-6,9,11,17H,7-8H2,1-3H3,(H,16,18)/t9-,11+/m0/s1. The molecular formula is C14H20FNO2S. The number of nitrogens with one attached hydrogen (secondary N) is 1. The molecule has 0 bridgehead atoms. The minimum absolute atomic E-state index is 0.115. The fourth-order valence-electron chi connectivity index (χ4n) is 1.40. The van der Waals surface area contributed by atoms with Crippen LogP contribution in [0.1, 0.15) is 19.4 Å². The number of benzene rings is 1. The van der Waals surface area contributed by atoms with Crippen LogP contribution in [0.4, 0.5) is 10.1 Å². The fourth-order valence-corrected chi connectivity index (χ4v) is 2.33. The van der Waals surface area contributed by atoms with Crippen LogP contribution in [0.25, 0.3) is 0 Å². The van der Waals surface area contributed by atoms with Crippen LogP contribution in [0, 0.1) is 18.7 Å². The average Bonchev–Trinajstić information content (AvgIpc) is 2.39. The normalized spacial score (nSPS) is 13.9. The van der Waals surface area contributed by atoms with Gasteiger partial charge in [-0.25, -0.2) is 4.39 Å². The zero-order chi connectivity index (χ0) is 14.4. The van der Waals surface area contributed by atoms with E-state index >= 15 is 0 Å². The third kappa shape index (κ3) is 5.20. The molecule has 0 saturated heterocycles. The van der Waals surface area contributed by atoms with E-state index < -0.39 is 0 Å². The van der Waals surface area contributed by atoms with Gasteiger partial charge in [0.05, 0.1) is 5.25 Å². The minimum Gasteiger partial charge on any atom is -0.396 e. The first-order valence-corrected chi connectivity index (χ1v) is 7.28. The maximum Gasteiger partial charge on any atom is 0.237 e. The number of amides is 1. The van der Waals surface area contributed by atoms with E-state index in [-0.39, 0.29) is 29.5 Å². The van der Waals surface area contributed by atoms with Crippen molar-refractivity contribution in [2.24, 2.45) is 5.92 Å². The molecule has 0 spiro atoms. The Morgan fingerprint density at radius 1 is 1.47 bits per heavy atom. The van der Waals surface area contributed by atoms with Gasteiger partial charge in [0.15, 0.2) is 0 Å². The number of carbonyl (C=O) groups is 1. The van der Waals surface area contributed by atoms with Crippen molar-refractivity contribution in [1.29, 1.82) is 0 Å². The Kier molecular flexibility index (Phi) is 6.31. The van der Waals surface area contributed by atoms with Crippen molar-refractivity contribution >= 4 is 23.4 Å². The molecule has 5 heteroatoms. The van der Waals surface area contributed by atoms with Crippen molar-refractivity contribution in [3.8, 4) is 0 Å². The van der Waals surface area contributed by atoms with Gasteiger partial charge < -0.3 is 10.4 Å². The lowest BCUT2D eigenvalue weighted by molar-refractivity contribution is -0.115. The maximum absolute atomic E-state index is 13.1. The van der Waals surface area contributed by atoms with Crippen molar-refractivity contribution in [2.75, 3.05) is 17.7 Å². The molecule has 2 N–H and O–H groups in total. The first kappa shape index (κ1) is 16.0. The van der Waals surface area contributed by atoms with E-state index in [0.29, 0.717) is 11.4 Å². The zero-order valence-corrected chi connectivity index (χ0v) is 12.3. The largest absolute Gasteiger partial charge is 0.396 e. The molecule has 0 aliphatic rings. The molecule has 0 aromatic heterocycles. The average molecular weight is 285 g/mol. The summed E-state index contributed by atoms with van der Waals surface area (Å²) in [5.74, 6) is 0.364. The van der Waals surface area contributed by atoms with Crippen LogP contribution in [0.3, 0.4) is 0 Å². The van der Waals surface area contributed by atoms with Gasteiger partial charge in [0.25, 0.3) is 0 Å². The summed E-state index contributed by atoms with van der Waals surface area (Å²) in [6, 6.07) is 4.32. The summed E-state index contributed by atoms with van der Waals surface area (Å²) in [7, 11) is 0. The van der Waals surface area contributed by atoms with Gasteiger partial charge in [0.1, 0.15) is 5.82 Å². The molecule has 0 aliphatic carbocycles. The van der Waals surface area contributed by atoms with Crippen molar-refractivity contribution in [3.63, 3.8) is 0 Å². The number of anilines is 1. The first-order valence-electron chi connectivity index (χ1n) is 6.23. The summed E-state index contributed by atoms with van der Waals surface area (Å²) in [6.45, 7) is 5.66. The second-order valence-corrected chi connectivity index (χ2v) is 6.09. The molecule has 19 heavy (non-hydrogen) atoms. The zero-order valence-electron chi connectivity index (χ0n) is 11.4. The predicted molar refractivity (Wildman–Crippen MR) is 77.9 cm³/mol. The van der Waals surface area contributed by atoms with Gasteiger partial charge in [-0.2, -0.15) is 0 Å². The SMILES string of the molecule is Cc1ccc(F)cc1NC(=O)[C@@H](C)SC[C@@H](C)CO. The molecule has 0 saturated carbocycles. The monoisotopic (exact) mass is 285 g/mol. The molecule has 1 rings (SSSR count). The van der Waals surface area contributed by atoms with Crippen molar-refractivity contribution in [3.05, 3.63) is 29.6 Å². The first-order chi connectivity index (χ1) is 8.93. The third-order valence-corrected chi connectivity index (χ3v) is 4.24. The highest BCUT2D eigenvalue weighted by Crippen LogP contribution is 2.20. The molecule has 0 unspecified atom stereocenters. The number of aliphatic hydroxyl groups is 1. The van der Waals surface area contributed by atoms with E-state index in [1.165, 1.54) is 23.9 Å².